The van der Waals surface area contributed by atoms with Gasteiger partial charge in [0.25, 0.3) is 0 Å². The zero-order valence-corrected chi connectivity index (χ0v) is 13.2. The average Bonchev–Trinajstić information content (AvgIpc) is 3.20. The molecule has 0 unspecified atom stereocenters. The molecule has 0 spiro atoms. The third kappa shape index (κ3) is 4.32. The summed E-state index contributed by atoms with van der Waals surface area (Å²) in [6.07, 6.45) is 4.48. The van der Waals surface area contributed by atoms with Crippen molar-refractivity contribution < 1.29 is 9.53 Å². The van der Waals surface area contributed by atoms with Crippen LogP contribution in [0.15, 0.2) is 42.7 Å². The van der Waals surface area contributed by atoms with E-state index >= 15 is 0 Å². The summed E-state index contributed by atoms with van der Waals surface area (Å²) >= 11 is 0. The Hall–Kier alpha value is -2.34. The Bertz CT molecular complexity index is 635. The number of nitrogens with zero attached hydrogens (tertiary/aromatic N) is 2. The summed E-state index contributed by atoms with van der Waals surface area (Å²) < 4.78 is 7.16. The van der Waals surface area contributed by atoms with Crippen LogP contribution in [0.25, 0.3) is 0 Å². The van der Waals surface area contributed by atoms with Crippen LogP contribution in [-0.2, 0) is 11.3 Å². The summed E-state index contributed by atoms with van der Waals surface area (Å²) in [5, 5.41) is 10.1. The van der Waals surface area contributed by atoms with Crippen molar-refractivity contribution in [3.63, 3.8) is 0 Å². The second kappa shape index (κ2) is 7.28. The zero-order valence-electron chi connectivity index (χ0n) is 13.2. The maximum atomic E-state index is 12.0. The van der Waals surface area contributed by atoms with Crippen LogP contribution in [0.4, 0.5) is 10.5 Å². The monoisotopic (exact) mass is 314 g/mol. The van der Waals surface area contributed by atoms with Gasteiger partial charge in [-0.2, -0.15) is 5.10 Å². The van der Waals surface area contributed by atoms with Crippen molar-refractivity contribution in [2.24, 2.45) is 5.92 Å². The third-order valence-electron chi connectivity index (χ3n) is 4.11. The van der Waals surface area contributed by atoms with Crippen LogP contribution in [-0.4, -0.2) is 35.1 Å². The molecule has 0 saturated carbocycles. The first-order valence-corrected chi connectivity index (χ1v) is 7.92. The number of carbonyl (C=O) groups is 1. The lowest BCUT2D eigenvalue weighted by molar-refractivity contribution is 0.178. The SMILES string of the molecule is C[C@H](NC(=O)Nc1cnn(Cc2ccccc2)c1)[C@H]1CCOC1. The maximum Gasteiger partial charge on any atom is 0.319 e. The number of carbonyl (C=O) groups excluding carboxylic acids is 1. The Morgan fingerprint density at radius 1 is 1.43 bits per heavy atom. The summed E-state index contributed by atoms with van der Waals surface area (Å²) in [5.41, 5.74) is 1.86. The van der Waals surface area contributed by atoms with Crippen molar-refractivity contribution in [1.29, 1.82) is 0 Å². The normalized spacial score (nSPS) is 18.6. The maximum absolute atomic E-state index is 12.0. The molecule has 2 aromatic rings. The number of aromatic nitrogens is 2. The summed E-state index contributed by atoms with van der Waals surface area (Å²) in [4.78, 5) is 12.0. The number of rotatable bonds is 5. The first-order valence-electron chi connectivity index (χ1n) is 7.92. The van der Waals surface area contributed by atoms with Gasteiger partial charge in [-0.1, -0.05) is 30.3 Å². The average molecular weight is 314 g/mol. The topological polar surface area (TPSA) is 68.2 Å². The van der Waals surface area contributed by atoms with Crippen molar-refractivity contribution in [2.45, 2.75) is 25.9 Å². The summed E-state index contributed by atoms with van der Waals surface area (Å²) in [7, 11) is 0. The van der Waals surface area contributed by atoms with E-state index in [1.807, 2.05) is 43.5 Å². The van der Waals surface area contributed by atoms with Gasteiger partial charge in [0.05, 0.1) is 25.0 Å². The van der Waals surface area contributed by atoms with Crippen LogP contribution in [0, 0.1) is 5.92 Å². The molecule has 1 aromatic carbocycles. The van der Waals surface area contributed by atoms with E-state index in [4.69, 9.17) is 4.74 Å². The van der Waals surface area contributed by atoms with Gasteiger partial charge >= 0.3 is 6.03 Å². The summed E-state index contributed by atoms with van der Waals surface area (Å²) in [5.74, 6) is 0.390. The van der Waals surface area contributed by atoms with Crippen molar-refractivity contribution in [1.82, 2.24) is 15.1 Å². The van der Waals surface area contributed by atoms with E-state index in [9.17, 15) is 4.79 Å². The molecule has 0 radical (unpaired) electrons. The molecule has 3 rings (SSSR count). The van der Waals surface area contributed by atoms with E-state index in [2.05, 4.69) is 15.7 Å². The van der Waals surface area contributed by atoms with E-state index in [0.29, 0.717) is 18.2 Å². The van der Waals surface area contributed by atoms with Crippen LogP contribution >= 0.6 is 0 Å². The van der Waals surface area contributed by atoms with Gasteiger partial charge in [0.15, 0.2) is 0 Å². The highest BCUT2D eigenvalue weighted by Crippen LogP contribution is 2.16. The molecule has 2 heterocycles. The molecule has 1 aliphatic rings. The molecule has 0 aliphatic carbocycles. The van der Waals surface area contributed by atoms with Gasteiger partial charge in [-0.05, 0) is 18.9 Å². The smallest absolute Gasteiger partial charge is 0.319 e. The standard InChI is InChI=1S/C17H22N4O2/c1-13(15-7-8-23-12-15)19-17(22)20-16-9-18-21(11-16)10-14-5-3-2-4-6-14/h2-6,9,11,13,15H,7-8,10,12H2,1H3,(H2,19,20,22)/t13-,15-/m0/s1. The largest absolute Gasteiger partial charge is 0.381 e. The van der Waals surface area contributed by atoms with Crippen molar-refractivity contribution >= 4 is 11.7 Å². The molecule has 23 heavy (non-hydrogen) atoms. The molecule has 1 fully saturated rings. The fourth-order valence-corrected chi connectivity index (χ4v) is 2.72. The van der Waals surface area contributed by atoms with Gasteiger partial charge in [-0.15, -0.1) is 0 Å². The minimum Gasteiger partial charge on any atom is -0.381 e. The van der Waals surface area contributed by atoms with Gasteiger partial charge in [0.2, 0.25) is 0 Å². The van der Waals surface area contributed by atoms with Crippen LogP contribution in [0.1, 0.15) is 18.9 Å². The van der Waals surface area contributed by atoms with Crippen LogP contribution < -0.4 is 10.6 Å². The van der Waals surface area contributed by atoms with Crippen LogP contribution in [0.2, 0.25) is 0 Å². The number of ether oxygens (including phenoxy) is 1. The lowest BCUT2D eigenvalue weighted by atomic mass is 10.0. The molecular formula is C17H22N4O2. The van der Waals surface area contributed by atoms with Crippen LogP contribution in [0.5, 0.6) is 0 Å². The molecule has 2 atom stereocenters. The highest BCUT2D eigenvalue weighted by Gasteiger charge is 2.23. The van der Waals surface area contributed by atoms with E-state index in [-0.39, 0.29) is 12.1 Å². The number of amides is 2. The summed E-state index contributed by atoms with van der Waals surface area (Å²) in [6.45, 7) is 4.19. The molecule has 1 aliphatic heterocycles. The van der Waals surface area contributed by atoms with Crippen molar-refractivity contribution in [3.05, 3.63) is 48.3 Å². The van der Waals surface area contributed by atoms with Crippen molar-refractivity contribution in [2.75, 3.05) is 18.5 Å². The molecule has 1 aromatic heterocycles. The molecule has 0 bridgehead atoms. The van der Waals surface area contributed by atoms with Gasteiger partial charge in [-0.3, -0.25) is 4.68 Å². The number of anilines is 1. The Kier molecular flexibility index (Phi) is 4.92. The second-order valence-corrected chi connectivity index (χ2v) is 5.92. The molecule has 1 saturated heterocycles. The number of hydrogen-bond donors (Lipinski definition) is 2. The minimum atomic E-state index is -0.205. The highest BCUT2D eigenvalue weighted by atomic mass is 16.5. The quantitative estimate of drug-likeness (QED) is 0.891. The highest BCUT2D eigenvalue weighted by molar-refractivity contribution is 5.89. The van der Waals surface area contributed by atoms with Gasteiger partial charge in [0.1, 0.15) is 0 Å². The van der Waals surface area contributed by atoms with Gasteiger partial charge in [-0.25, -0.2) is 4.79 Å². The predicted octanol–water partition coefficient (Wildman–Crippen LogP) is 2.48. The van der Waals surface area contributed by atoms with Gasteiger partial charge < -0.3 is 15.4 Å². The van der Waals surface area contributed by atoms with E-state index in [1.165, 1.54) is 5.56 Å². The number of hydrogen-bond acceptors (Lipinski definition) is 3. The number of urea groups is 1. The van der Waals surface area contributed by atoms with Crippen molar-refractivity contribution in [3.8, 4) is 0 Å². The fraction of sp³-hybridized carbons (Fsp3) is 0.412. The van der Waals surface area contributed by atoms with Crippen LogP contribution in [0.3, 0.4) is 0 Å². The van der Waals surface area contributed by atoms with E-state index < -0.39 is 0 Å². The Balaban J connectivity index is 1.51. The second-order valence-electron chi connectivity index (χ2n) is 5.92. The molecular weight excluding hydrogens is 292 g/mol. The zero-order chi connectivity index (χ0) is 16.1. The Morgan fingerprint density at radius 3 is 3.00 bits per heavy atom. The molecule has 2 amide bonds. The van der Waals surface area contributed by atoms with E-state index in [0.717, 1.165) is 19.6 Å². The molecule has 2 N–H and O–H groups in total. The van der Waals surface area contributed by atoms with Gasteiger partial charge in [0, 0.05) is 24.8 Å². The molecule has 122 valence electrons. The van der Waals surface area contributed by atoms with E-state index in [1.54, 1.807) is 10.9 Å². The number of nitrogens with one attached hydrogen (secondary N) is 2. The Labute approximate surface area is 135 Å². The first kappa shape index (κ1) is 15.6. The molecule has 6 nitrogen and oxygen atoms in total. The lowest BCUT2D eigenvalue weighted by Crippen LogP contribution is -2.40. The molecule has 6 heteroatoms. The fourth-order valence-electron chi connectivity index (χ4n) is 2.72. The number of benzene rings is 1. The first-order chi connectivity index (χ1) is 11.2. The Morgan fingerprint density at radius 2 is 2.26 bits per heavy atom. The minimum absolute atomic E-state index is 0.0943. The lowest BCUT2D eigenvalue weighted by Gasteiger charge is -2.19. The third-order valence-corrected chi connectivity index (χ3v) is 4.11. The summed E-state index contributed by atoms with van der Waals surface area (Å²) in [6, 6.07) is 9.97. The predicted molar refractivity (Wildman–Crippen MR) is 88.3 cm³/mol.